The van der Waals surface area contributed by atoms with Gasteiger partial charge in [0.1, 0.15) is 0 Å². The molecule has 7 rings (SSSR count). The van der Waals surface area contributed by atoms with Crippen molar-refractivity contribution in [1.82, 2.24) is 4.57 Å². The fraction of sp³-hybridized carbons (Fsp3) is 0. The highest BCUT2D eigenvalue weighted by atomic mass is 15.1. The van der Waals surface area contributed by atoms with Crippen LogP contribution in [0.4, 0.5) is 17.1 Å². The SMILES string of the molecule is c1ccc(N(c2ccccc2)c2ccc(-c3cccc(-n4c5ccccc5c5ccccc54)c3)cc2)cc1. The first-order valence-electron chi connectivity index (χ1n) is 13.0. The third-order valence-electron chi connectivity index (χ3n) is 7.17. The van der Waals surface area contributed by atoms with Crippen LogP contribution in [0.2, 0.25) is 0 Å². The van der Waals surface area contributed by atoms with E-state index in [1.807, 2.05) is 0 Å². The number of hydrogen-bond acceptors (Lipinski definition) is 1. The Kier molecular flexibility index (Phi) is 5.49. The van der Waals surface area contributed by atoms with Crippen molar-refractivity contribution < 1.29 is 0 Å². The van der Waals surface area contributed by atoms with Crippen molar-refractivity contribution in [3.63, 3.8) is 0 Å². The zero-order chi connectivity index (χ0) is 25.3. The number of benzene rings is 6. The van der Waals surface area contributed by atoms with E-state index < -0.39 is 0 Å². The number of nitrogens with zero attached hydrogens (tertiary/aromatic N) is 2. The first-order valence-corrected chi connectivity index (χ1v) is 13.0. The molecule has 0 aliphatic carbocycles. The molecule has 38 heavy (non-hydrogen) atoms. The van der Waals surface area contributed by atoms with Gasteiger partial charge in [0.25, 0.3) is 0 Å². The highest BCUT2D eigenvalue weighted by Crippen LogP contribution is 2.36. The molecule has 6 aromatic carbocycles. The zero-order valence-corrected chi connectivity index (χ0v) is 20.9. The van der Waals surface area contributed by atoms with E-state index in [4.69, 9.17) is 0 Å². The van der Waals surface area contributed by atoms with Crippen molar-refractivity contribution in [3.05, 3.63) is 158 Å². The summed E-state index contributed by atoms with van der Waals surface area (Å²) in [6.45, 7) is 0. The molecule has 0 atom stereocenters. The quantitative estimate of drug-likeness (QED) is 0.235. The molecular weight excluding hydrogens is 460 g/mol. The second-order valence-corrected chi connectivity index (χ2v) is 9.47. The predicted molar refractivity (Wildman–Crippen MR) is 161 cm³/mol. The Labute approximate surface area is 222 Å². The van der Waals surface area contributed by atoms with Gasteiger partial charge in [-0.2, -0.15) is 0 Å². The summed E-state index contributed by atoms with van der Waals surface area (Å²) in [6.07, 6.45) is 0. The van der Waals surface area contributed by atoms with Crippen LogP contribution in [-0.4, -0.2) is 4.57 Å². The van der Waals surface area contributed by atoms with Gasteiger partial charge < -0.3 is 9.47 Å². The molecule has 0 aliphatic rings. The summed E-state index contributed by atoms with van der Waals surface area (Å²) in [6, 6.07) is 56.0. The molecule has 0 saturated carbocycles. The van der Waals surface area contributed by atoms with Crippen LogP contribution in [0.1, 0.15) is 0 Å². The van der Waals surface area contributed by atoms with Gasteiger partial charge in [-0.25, -0.2) is 0 Å². The molecule has 0 radical (unpaired) electrons. The normalized spacial score (nSPS) is 11.2. The van der Waals surface area contributed by atoms with Crippen molar-refractivity contribution in [2.45, 2.75) is 0 Å². The molecule has 2 heteroatoms. The van der Waals surface area contributed by atoms with Gasteiger partial charge >= 0.3 is 0 Å². The van der Waals surface area contributed by atoms with Gasteiger partial charge in [-0.3, -0.25) is 0 Å². The van der Waals surface area contributed by atoms with Crippen LogP contribution in [0.25, 0.3) is 38.6 Å². The minimum absolute atomic E-state index is 1.13. The topological polar surface area (TPSA) is 8.17 Å². The third kappa shape index (κ3) is 3.84. The highest BCUT2D eigenvalue weighted by molar-refractivity contribution is 6.09. The van der Waals surface area contributed by atoms with E-state index in [-0.39, 0.29) is 0 Å². The summed E-state index contributed by atoms with van der Waals surface area (Å²) < 4.78 is 2.37. The average molecular weight is 487 g/mol. The minimum Gasteiger partial charge on any atom is -0.311 e. The van der Waals surface area contributed by atoms with Crippen molar-refractivity contribution >= 4 is 38.9 Å². The summed E-state index contributed by atoms with van der Waals surface area (Å²) in [4.78, 5) is 2.29. The largest absolute Gasteiger partial charge is 0.311 e. The van der Waals surface area contributed by atoms with E-state index in [0.717, 1.165) is 17.1 Å². The Bertz CT molecular complexity index is 1760. The maximum Gasteiger partial charge on any atom is 0.0541 e. The lowest BCUT2D eigenvalue weighted by Gasteiger charge is -2.25. The molecule has 0 bridgehead atoms. The van der Waals surface area contributed by atoms with Crippen molar-refractivity contribution in [2.24, 2.45) is 0 Å². The molecule has 2 nitrogen and oxygen atoms in total. The summed E-state index contributed by atoms with van der Waals surface area (Å²) in [5.41, 5.74) is 9.41. The number of rotatable bonds is 5. The van der Waals surface area contributed by atoms with Crippen LogP contribution < -0.4 is 4.90 Å². The van der Waals surface area contributed by atoms with Gasteiger partial charge in [-0.05, 0) is 71.8 Å². The number of fused-ring (bicyclic) bond motifs is 3. The van der Waals surface area contributed by atoms with E-state index in [0.29, 0.717) is 0 Å². The second-order valence-electron chi connectivity index (χ2n) is 9.47. The Balaban J connectivity index is 1.30. The molecular formula is C36H26N2. The molecule has 0 spiro atoms. The molecule has 7 aromatic rings. The lowest BCUT2D eigenvalue weighted by Crippen LogP contribution is -2.09. The first kappa shape index (κ1) is 22.1. The number of para-hydroxylation sites is 4. The molecule has 1 aromatic heterocycles. The molecule has 0 amide bonds. The standard InChI is InChI=1S/C36H26N2/c1-3-13-29(14-4-1)37(30-15-5-2-6-16-30)31-24-22-27(23-25-31)28-12-11-17-32(26-28)38-35-20-9-7-18-33(35)34-19-8-10-21-36(34)38/h1-26H. The average Bonchev–Trinajstić information content (AvgIpc) is 3.33. The van der Waals surface area contributed by atoms with Crippen LogP contribution in [0, 0.1) is 0 Å². The smallest absolute Gasteiger partial charge is 0.0541 e. The van der Waals surface area contributed by atoms with Crippen LogP contribution >= 0.6 is 0 Å². The lowest BCUT2D eigenvalue weighted by molar-refractivity contribution is 1.18. The summed E-state index contributed by atoms with van der Waals surface area (Å²) >= 11 is 0. The fourth-order valence-corrected chi connectivity index (χ4v) is 5.43. The molecule has 0 unspecified atom stereocenters. The van der Waals surface area contributed by atoms with E-state index in [1.54, 1.807) is 0 Å². The van der Waals surface area contributed by atoms with Crippen LogP contribution in [-0.2, 0) is 0 Å². The Morgan fingerprint density at radius 2 is 0.868 bits per heavy atom. The van der Waals surface area contributed by atoms with Crippen LogP contribution in [0.5, 0.6) is 0 Å². The van der Waals surface area contributed by atoms with E-state index in [1.165, 1.54) is 38.6 Å². The van der Waals surface area contributed by atoms with Gasteiger partial charge in [0.05, 0.1) is 11.0 Å². The molecule has 1 heterocycles. The number of aromatic nitrogens is 1. The Hall–Kier alpha value is -5.08. The number of anilines is 3. The maximum atomic E-state index is 2.37. The Morgan fingerprint density at radius 3 is 1.45 bits per heavy atom. The molecule has 0 fully saturated rings. The summed E-state index contributed by atoms with van der Waals surface area (Å²) in [7, 11) is 0. The highest BCUT2D eigenvalue weighted by Gasteiger charge is 2.14. The molecule has 0 saturated heterocycles. The molecule has 0 N–H and O–H groups in total. The van der Waals surface area contributed by atoms with E-state index in [9.17, 15) is 0 Å². The monoisotopic (exact) mass is 486 g/mol. The second kappa shape index (κ2) is 9.42. The molecule has 180 valence electrons. The van der Waals surface area contributed by atoms with Gasteiger partial charge in [0.15, 0.2) is 0 Å². The van der Waals surface area contributed by atoms with Crippen molar-refractivity contribution in [3.8, 4) is 16.8 Å². The Morgan fingerprint density at radius 1 is 0.368 bits per heavy atom. The zero-order valence-electron chi connectivity index (χ0n) is 20.9. The van der Waals surface area contributed by atoms with Gasteiger partial charge in [0, 0.05) is 33.5 Å². The third-order valence-corrected chi connectivity index (χ3v) is 7.17. The molecule has 0 aliphatic heterocycles. The van der Waals surface area contributed by atoms with Crippen molar-refractivity contribution in [2.75, 3.05) is 4.90 Å². The summed E-state index contributed by atoms with van der Waals surface area (Å²) in [5, 5.41) is 2.56. The van der Waals surface area contributed by atoms with E-state index in [2.05, 4.69) is 167 Å². The number of hydrogen-bond donors (Lipinski definition) is 0. The van der Waals surface area contributed by atoms with Crippen LogP contribution in [0.3, 0.4) is 0 Å². The van der Waals surface area contributed by atoms with Crippen molar-refractivity contribution in [1.29, 1.82) is 0 Å². The minimum atomic E-state index is 1.13. The van der Waals surface area contributed by atoms with Gasteiger partial charge in [-0.1, -0.05) is 97.1 Å². The van der Waals surface area contributed by atoms with Crippen LogP contribution in [0.15, 0.2) is 158 Å². The lowest BCUT2D eigenvalue weighted by atomic mass is 10.0. The predicted octanol–water partition coefficient (Wildman–Crippen LogP) is 9.92. The summed E-state index contributed by atoms with van der Waals surface area (Å²) in [5.74, 6) is 0. The van der Waals surface area contributed by atoms with Gasteiger partial charge in [0.2, 0.25) is 0 Å². The maximum absolute atomic E-state index is 2.37. The first-order chi connectivity index (χ1) is 18.9. The van der Waals surface area contributed by atoms with Gasteiger partial charge in [-0.15, -0.1) is 0 Å². The van der Waals surface area contributed by atoms with E-state index >= 15 is 0 Å². The fourth-order valence-electron chi connectivity index (χ4n) is 5.43.